The second-order valence-electron chi connectivity index (χ2n) is 7.86. The largest absolute Gasteiger partial charge is 0.497 e. The lowest BCUT2D eigenvalue weighted by Gasteiger charge is -2.32. The van der Waals surface area contributed by atoms with E-state index in [0.717, 1.165) is 44.1 Å². The number of piperidine rings is 1. The number of sulfonamides is 1. The summed E-state index contributed by atoms with van der Waals surface area (Å²) >= 11 is 0. The third kappa shape index (κ3) is 9.13. The maximum Gasteiger partial charge on any atom is 0.214 e. The molecule has 1 aliphatic heterocycles. The lowest BCUT2D eigenvalue weighted by molar-refractivity contribution is 0.306. The molecule has 2 rings (SSSR count). The van der Waals surface area contributed by atoms with Crippen LogP contribution in [0.15, 0.2) is 29.3 Å². The van der Waals surface area contributed by atoms with Gasteiger partial charge in [-0.25, -0.2) is 12.7 Å². The van der Waals surface area contributed by atoms with Gasteiger partial charge in [0.05, 0.1) is 12.9 Å². The standard InChI is InChI=1S/C22H38N4O3S.HI/c1-5-17-30(27,28)26-15-12-20(13-16-26)25-22(23-6-2)24-14-11-18(3)19-7-9-21(29-4)10-8-19;/h7-10,18,20H,5-6,11-17H2,1-4H3,(H2,23,24,25);1H. The van der Waals surface area contributed by atoms with Crippen molar-refractivity contribution in [3.63, 3.8) is 0 Å². The van der Waals surface area contributed by atoms with Crippen LogP contribution in [-0.4, -0.2) is 63.8 Å². The van der Waals surface area contributed by atoms with Crippen LogP contribution in [0.5, 0.6) is 5.75 Å². The normalized spacial score (nSPS) is 17.0. The van der Waals surface area contributed by atoms with E-state index in [1.165, 1.54) is 5.56 Å². The van der Waals surface area contributed by atoms with Gasteiger partial charge >= 0.3 is 0 Å². The van der Waals surface area contributed by atoms with Gasteiger partial charge < -0.3 is 15.4 Å². The molecular formula is C22H39IN4O3S. The Kier molecular flexibility index (Phi) is 12.8. The first-order valence-corrected chi connectivity index (χ1v) is 12.7. The van der Waals surface area contributed by atoms with Crippen molar-refractivity contribution in [2.24, 2.45) is 4.99 Å². The number of guanidine groups is 1. The molecule has 0 aromatic heterocycles. The van der Waals surface area contributed by atoms with Crippen LogP contribution < -0.4 is 15.4 Å². The van der Waals surface area contributed by atoms with Gasteiger partial charge in [0.25, 0.3) is 0 Å². The molecule has 0 saturated carbocycles. The third-order valence-electron chi connectivity index (χ3n) is 5.51. The first-order chi connectivity index (χ1) is 14.4. The number of aliphatic imine (C=N–C) groups is 1. The predicted molar refractivity (Wildman–Crippen MR) is 139 cm³/mol. The average molecular weight is 567 g/mol. The Bertz CT molecular complexity index is 763. The van der Waals surface area contributed by atoms with E-state index in [9.17, 15) is 8.42 Å². The van der Waals surface area contributed by atoms with Gasteiger partial charge in [-0.2, -0.15) is 0 Å². The van der Waals surface area contributed by atoms with Gasteiger partial charge in [-0.15, -0.1) is 24.0 Å². The van der Waals surface area contributed by atoms with Crippen molar-refractivity contribution in [1.29, 1.82) is 0 Å². The molecule has 0 bridgehead atoms. The summed E-state index contributed by atoms with van der Waals surface area (Å²) in [6.45, 7) is 8.85. The molecule has 1 saturated heterocycles. The second kappa shape index (κ2) is 14.2. The maximum absolute atomic E-state index is 12.2. The Labute approximate surface area is 205 Å². The van der Waals surface area contributed by atoms with E-state index in [0.29, 0.717) is 25.4 Å². The fourth-order valence-electron chi connectivity index (χ4n) is 3.65. The Morgan fingerprint density at radius 3 is 2.42 bits per heavy atom. The summed E-state index contributed by atoms with van der Waals surface area (Å²) < 4.78 is 31.3. The van der Waals surface area contributed by atoms with E-state index < -0.39 is 10.0 Å². The third-order valence-corrected chi connectivity index (χ3v) is 7.59. The molecule has 1 fully saturated rings. The molecule has 1 aliphatic rings. The van der Waals surface area contributed by atoms with Crippen molar-refractivity contribution in [1.82, 2.24) is 14.9 Å². The van der Waals surface area contributed by atoms with Crippen molar-refractivity contribution in [2.75, 3.05) is 39.0 Å². The highest BCUT2D eigenvalue weighted by Gasteiger charge is 2.27. The quantitative estimate of drug-likeness (QED) is 0.257. The Hall–Kier alpha value is -1.07. The number of hydrogen-bond acceptors (Lipinski definition) is 4. The Morgan fingerprint density at radius 1 is 1.23 bits per heavy atom. The molecule has 0 spiro atoms. The number of hydrogen-bond donors (Lipinski definition) is 2. The van der Waals surface area contributed by atoms with E-state index >= 15 is 0 Å². The summed E-state index contributed by atoms with van der Waals surface area (Å²) in [5.74, 6) is 2.33. The van der Waals surface area contributed by atoms with Gasteiger partial charge in [0, 0.05) is 32.2 Å². The molecule has 1 unspecified atom stereocenters. The van der Waals surface area contributed by atoms with E-state index in [4.69, 9.17) is 9.73 Å². The number of benzene rings is 1. The van der Waals surface area contributed by atoms with Crippen LogP contribution in [0.25, 0.3) is 0 Å². The first-order valence-electron chi connectivity index (χ1n) is 11.1. The molecule has 0 aliphatic carbocycles. The van der Waals surface area contributed by atoms with Crippen LogP contribution in [-0.2, 0) is 10.0 Å². The molecule has 7 nitrogen and oxygen atoms in total. The average Bonchev–Trinajstić information content (AvgIpc) is 2.74. The van der Waals surface area contributed by atoms with Crippen molar-refractivity contribution >= 4 is 40.0 Å². The number of nitrogens with zero attached hydrogens (tertiary/aromatic N) is 2. The number of nitrogens with one attached hydrogen (secondary N) is 2. The number of rotatable bonds is 10. The summed E-state index contributed by atoms with van der Waals surface area (Å²) in [6.07, 6.45) is 3.22. The fourth-order valence-corrected chi connectivity index (χ4v) is 5.19. The lowest BCUT2D eigenvalue weighted by atomic mass is 9.98. The molecule has 1 aromatic rings. The Morgan fingerprint density at radius 2 is 1.87 bits per heavy atom. The van der Waals surface area contributed by atoms with E-state index in [-0.39, 0.29) is 35.8 Å². The van der Waals surface area contributed by atoms with E-state index in [1.54, 1.807) is 11.4 Å². The van der Waals surface area contributed by atoms with Crippen molar-refractivity contribution in [2.45, 2.75) is 58.4 Å². The van der Waals surface area contributed by atoms with Crippen molar-refractivity contribution in [3.8, 4) is 5.75 Å². The summed E-state index contributed by atoms with van der Waals surface area (Å²) in [7, 11) is -1.42. The SMILES string of the molecule is CCCS(=O)(=O)N1CCC(NC(=NCCC(C)c2ccc(OC)cc2)NCC)CC1.I. The molecule has 31 heavy (non-hydrogen) atoms. The number of methoxy groups -OCH3 is 1. The number of ether oxygens (including phenoxy) is 1. The molecular weight excluding hydrogens is 527 g/mol. The zero-order valence-corrected chi connectivity index (χ0v) is 22.4. The monoisotopic (exact) mass is 566 g/mol. The molecule has 9 heteroatoms. The lowest BCUT2D eigenvalue weighted by Crippen LogP contribution is -2.50. The van der Waals surface area contributed by atoms with Crippen LogP contribution in [0.4, 0.5) is 0 Å². The van der Waals surface area contributed by atoms with E-state index in [2.05, 4.69) is 36.6 Å². The zero-order valence-electron chi connectivity index (χ0n) is 19.3. The van der Waals surface area contributed by atoms with Crippen LogP contribution >= 0.6 is 24.0 Å². The summed E-state index contributed by atoms with van der Waals surface area (Å²) in [5, 5.41) is 6.80. The fraction of sp³-hybridized carbons (Fsp3) is 0.682. The molecule has 2 N–H and O–H groups in total. The summed E-state index contributed by atoms with van der Waals surface area (Å²) in [6, 6.07) is 8.45. The highest BCUT2D eigenvalue weighted by molar-refractivity contribution is 14.0. The van der Waals surface area contributed by atoms with Gasteiger partial charge in [-0.05, 0) is 56.2 Å². The summed E-state index contributed by atoms with van der Waals surface area (Å²) in [4.78, 5) is 4.74. The highest BCUT2D eigenvalue weighted by Crippen LogP contribution is 2.22. The van der Waals surface area contributed by atoms with Crippen LogP contribution in [0.2, 0.25) is 0 Å². The molecule has 0 radical (unpaired) electrons. The van der Waals surface area contributed by atoms with Crippen LogP contribution in [0, 0.1) is 0 Å². The van der Waals surface area contributed by atoms with Gasteiger partial charge in [0.1, 0.15) is 5.75 Å². The van der Waals surface area contributed by atoms with Crippen molar-refractivity contribution < 1.29 is 13.2 Å². The van der Waals surface area contributed by atoms with Gasteiger partial charge in [0.15, 0.2) is 5.96 Å². The predicted octanol–water partition coefficient (Wildman–Crippen LogP) is 3.57. The minimum atomic E-state index is -3.10. The zero-order chi connectivity index (χ0) is 22.0. The molecule has 0 amide bonds. The molecule has 1 aromatic carbocycles. The molecule has 1 heterocycles. The number of halogens is 1. The maximum atomic E-state index is 12.2. The van der Waals surface area contributed by atoms with Gasteiger partial charge in [-0.1, -0.05) is 26.0 Å². The van der Waals surface area contributed by atoms with E-state index in [1.807, 2.05) is 19.1 Å². The van der Waals surface area contributed by atoms with Crippen LogP contribution in [0.1, 0.15) is 57.9 Å². The second-order valence-corrected chi connectivity index (χ2v) is 9.95. The topological polar surface area (TPSA) is 83.0 Å². The summed E-state index contributed by atoms with van der Waals surface area (Å²) in [5.41, 5.74) is 1.28. The molecule has 178 valence electrons. The smallest absolute Gasteiger partial charge is 0.214 e. The van der Waals surface area contributed by atoms with Crippen LogP contribution in [0.3, 0.4) is 0 Å². The van der Waals surface area contributed by atoms with Gasteiger partial charge in [0.2, 0.25) is 10.0 Å². The molecule has 1 atom stereocenters. The Balaban J connectivity index is 0.00000480. The van der Waals surface area contributed by atoms with Crippen molar-refractivity contribution in [3.05, 3.63) is 29.8 Å². The minimum absolute atomic E-state index is 0. The first kappa shape index (κ1) is 28.0. The minimum Gasteiger partial charge on any atom is -0.497 e. The van der Waals surface area contributed by atoms with Gasteiger partial charge in [-0.3, -0.25) is 4.99 Å². The highest BCUT2D eigenvalue weighted by atomic mass is 127.